The van der Waals surface area contributed by atoms with Crippen LogP contribution < -0.4 is 0 Å². The molecule has 0 amide bonds. The van der Waals surface area contributed by atoms with Crippen LogP contribution in [0.5, 0.6) is 0 Å². The van der Waals surface area contributed by atoms with Gasteiger partial charge in [-0.1, -0.05) is 0 Å². The second-order valence-electron chi connectivity index (χ2n) is 3.84. The van der Waals surface area contributed by atoms with E-state index >= 15 is 0 Å². The van der Waals surface area contributed by atoms with Crippen LogP contribution in [0.3, 0.4) is 0 Å². The molecule has 0 aromatic carbocycles. The van der Waals surface area contributed by atoms with Crippen LogP contribution in [0.25, 0.3) is 0 Å². The van der Waals surface area contributed by atoms with Crippen LogP contribution in [0.15, 0.2) is 12.2 Å². The van der Waals surface area contributed by atoms with Crippen molar-refractivity contribution in [2.24, 2.45) is 0 Å². The molecule has 3 aliphatic rings. The Hall–Kier alpha value is 0.123. The SMILES string of the molecule is C/C=C/[CH2][Ge]12[O]CCN(CC[O]1)CC[O]2. The van der Waals surface area contributed by atoms with E-state index in [4.69, 9.17) is 11.3 Å². The third kappa shape index (κ3) is 3.04. The van der Waals surface area contributed by atoms with Crippen LogP contribution in [-0.2, 0) is 11.3 Å². The van der Waals surface area contributed by atoms with E-state index in [1.54, 1.807) is 0 Å². The molecule has 5 heteroatoms. The van der Waals surface area contributed by atoms with E-state index in [1.165, 1.54) is 0 Å². The normalized spacial score (nSPS) is 37.5. The number of allylic oxidation sites excluding steroid dienone is 2. The number of nitrogens with zero attached hydrogens (tertiary/aromatic N) is 1. The molecule has 3 heterocycles. The Morgan fingerprint density at radius 2 is 1.60 bits per heavy atom. The second kappa shape index (κ2) is 5.45. The van der Waals surface area contributed by atoms with Crippen LogP contribution in [0.4, 0.5) is 0 Å². The summed E-state index contributed by atoms with van der Waals surface area (Å²) in [7, 11) is 0. The van der Waals surface area contributed by atoms with Gasteiger partial charge >= 0.3 is 94.3 Å². The first-order chi connectivity index (χ1) is 7.35. The molecule has 0 aliphatic carbocycles. The Bertz CT molecular complexity index is 208. The van der Waals surface area contributed by atoms with E-state index in [2.05, 4.69) is 11.0 Å². The quantitative estimate of drug-likeness (QED) is 0.552. The number of hydrogen-bond donors (Lipinski definition) is 0. The summed E-state index contributed by atoms with van der Waals surface area (Å²) in [5, 5.41) is 0.858. The van der Waals surface area contributed by atoms with Gasteiger partial charge in [0.1, 0.15) is 0 Å². The van der Waals surface area contributed by atoms with E-state index in [9.17, 15) is 0 Å². The zero-order valence-electron chi connectivity index (χ0n) is 9.28. The summed E-state index contributed by atoms with van der Waals surface area (Å²) in [5.41, 5.74) is 0. The fourth-order valence-corrected chi connectivity index (χ4v) is 6.79. The van der Waals surface area contributed by atoms with Gasteiger partial charge < -0.3 is 0 Å². The number of rotatable bonds is 2. The Morgan fingerprint density at radius 3 is 2.07 bits per heavy atom. The summed E-state index contributed by atoms with van der Waals surface area (Å²) in [6, 6.07) is 0. The molecule has 4 nitrogen and oxygen atoms in total. The Kier molecular flexibility index (Phi) is 4.22. The predicted octanol–water partition coefficient (Wildman–Crippen LogP) is 0.880. The minimum absolute atomic E-state index is 0.761. The van der Waals surface area contributed by atoms with Crippen molar-refractivity contribution in [1.82, 2.24) is 4.90 Å². The zero-order valence-corrected chi connectivity index (χ0v) is 11.4. The summed E-state index contributed by atoms with van der Waals surface area (Å²) in [5.74, 6) is 0. The van der Waals surface area contributed by atoms with Gasteiger partial charge in [-0.05, 0) is 0 Å². The maximum absolute atomic E-state index is 5.89. The molecule has 0 unspecified atom stereocenters. The molecule has 86 valence electrons. The summed E-state index contributed by atoms with van der Waals surface area (Å²) in [6.45, 7) is 7.37. The van der Waals surface area contributed by atoms with E-state index in [0.717, 1.165) is 44.7 Å². The van der Waals surface area contributed by atoms with E-state index in [0.29, 0.717) is 0 Å². The number of hydrogen-bond acceptors (Lipinski definition) is 4. The monoisotopic (exact) mass is 275 g/mol. The zero-order chi connectivity index (χ0) is 10.6. The van der Waals surface area contributed by atoms with Gasteiger partial charge in [0.25, 0.3) is 0 Å². The molecule has 0 aromatic rings. The van der Waals surface area contributed by atoms with Crippen LogP contribution >= 0.6 is 0 Å². The summed E-state index contributed by atoms with van der Waals surface area (Å²) < 4.78 is 17.7. The fourth-order valence-electron chi connectivity index (χ4n) is 1.89. The maximum atomic E-state index is 5.89. The molecule has 0 radical (unpaired) electrons. The van der Waals surface area contributed by atoms with Crippen molar-refractivity contribution in [3.05, 3.63) is 12.2 Å². The first kappa shape index (κ1) is 11.6. The third-order valence-electron chi connectivity index (χ3n) is 2.79. The topological polar surface area (TPSA) is 30.9 Å². The molecule has 0 saturated carbocycles. The Morgan fingerprint density at radius 1 is 1.07 bits per heavy atom. The average Bonchev–Trinajstić information content (AvgIpc) is 2.14. The summed E-state index contributed by atoms with van der Waals surface area (Å²) in [6.07, 6.45) is 4.15. The summed E-state index contributed by atoms with van der Waals surface area (Å²) in [4.78, 5) is 2.33. The molecule has 0 aromatic heterocycles. The van der Waals surface area contributed by atoms with Crippen LogP contribution in [-0.4, -0.2) is 58.6 Å². The molecule has 2 bridgehead atoms. The van der Waals surface area contributed by atoms with Gasteiger partial charge in [0.05, 0.1) is 0 Å². The van der Waals surface area contributed by atoms with Crippen LogP contribution in [0, 0.1) is 0 Å². The molecule has 15 heavy (non-hydrogen) atoms. The van der Waals surface area contributed by atoms with Crippen molar-refractivity contribution in [1.29, 1.82) is 0 Å². The van der Waals surface area contributed by atoms with Crippen molar-refractivity contribution in [3.63, 3.8) is 0 Å². The summed E-state index contributed by atoms with van der Waals surface area (Å²) >= 11 is -2.90. The molecule has 0 N–H and O–H groups in total. The molecule has 3 rings (SSSR count). The standard InChI is InChI=1S/C10H19GeNO3/c1-2-3-4-11-13-8-5-12(6-9-14-11)7-10-15-11/h2-3H,4-10H2,1H3/b3-2+. The van der Waals surface area contributed by atoms with Gasteiger partial charge in [0.2, 0.25) is 0 Å². The van der Waals surface area contributed by atoms with Gasteiger partial charge in [0, 0.05) is 0 Å². The van der Waals surface area contributed by atoms with Gasteiger partial charge in [0.15, 0.2) is 0 Å². The van der Waals surface area contributed by atoms with Crippen molar-refractivity contribution in [2.45, 2.75) is 12.2 Å². The van der Waals surface area contributed by atoms with Crippen LogP contribution in [0.2, 0.25) is 5.25 Å². The molecule has 3 fully saturated rings. The second-order valence-corrected chi connectivity index (χ2v) is 9.38. The van der Waals surface area contributed by atoms with Crippen molar-refractivity contribution in [2.75, 3.05) is 39.5 Å². The van der Waals surface area contributed by atoms with Crippen molar-refractivity contribution < 1.29 is 11.3 Å². The van der Waals surface area contributed by atoms with Gasteiger partial charge in [-0.15, -0.1) is 0 Å². The molecule has 0 atom stereocenters. The third-order valence-corrected chi connectivity index (χ3v) is 8.39. The van der Waals surface area contributed by atoms with Gasteiger partial charge in [-0.25, -0.2) is 0 Å². The fraction of sp³-hybridized carbons (Fsp3) is 0.800. The first-order valence-electron chi connectivity index (χ1n) is 5.60. The van der Waals surface area contributed by atoms with Crippen molar-refractivity contribution >= 4 is 14.3 Å². The minimum atomic E-state index is -2.90. The Labute approximate surface area is 94.6 Å². The van der Waals surface area contributed by atoms with Crippen molar-refractivity contribution in [3.8, 4) is 0 Å². The molecular formula is C10H19GeNO3. The molecule has 0 spiro atoms. The molecule has 3 aliphatic heterocycles. The average molecular weight is 274 g/mol. The van der Waals surface area contributed by atoms with Gasteiger partial charge in [-0.3, -0.25) is 0 Å². The number of fused-ring (bicyclic) bond motifs is 6. The van der Waals surface area contributed by atoms with E-state index < -0.39 is 14.3 Å². The van der Waals surface area contributed by atoms with Gasteiger partial charge in [-0.2, -0.15) is 0 Å². The van der Waals surface area contributed by atoms with E-state index in [1.807, 2.05) is 13.0 Å². The van der Waals surface area contributed by atoms with Crippen LogP contribution in [0.1, 0.15) is 6.92 Å². The van der Waals surface area contributed by atoms with E-state index in [-0.39, 0.29) is 0 Å². The molecular weight excluding hydrogens is 255 g/mol. The molecule has 3 saturated heterocycles. The predicted molar refractivity (Wildman–Crippen MR) is 59.7 cm³/mol. The first-order valence-corrected chi connectivity index (χ1v) is 9.65. The Balaban J connectivity index is 2.05.